The van der Waals surface area contributed by atoms with Crippen molar-refractivity contribution in [1.82, 2.24) is 10.3 Å². The average molecular weight is 241 g/mol. The van der Waals surface area contributed by atoms with E-state index >= 15 is 0 Å². The van der Waals surface area contributed by atoms with E-state index in [0.29, 0.717) is 5.15 Å². The second-order valence-electron chi connectivity index (χ2n) is 4.52. The predicted octanol–water partition coefficient (Wildman–Crippen LogP) is 3.65. The minimum absolute atomic E-state index is 0.609. The molecule has 16 heavy (non-hydrogen) atoms. The van der Waals surface area contributed by atoms with Crippen molar-refractivity contribution < 1.29 is 0 Å². The molecule has 0 unspecified atom stereocenters. The molecule has 0 radical (unpaired) electrons. The standard InChI is InChI=1S/C13H21ClN2/c1-11(2)6-3-4-8-15-10-12-7-5-9-16-13(12)14/h5,7,9,11,15H,3-4,6,8,10H2,1-2H3. The van der Waals surface area contributed by atoms with Gasteiger partial charge in [-0.3, -0.25) is 0 Å². The van der Waals surface area contributed by atoms with Gasteiger partial charge in [0, 0.05) is 18.3 Å². The molecule has 1 aromatic heterocycles. The molecule has 0 aliphatic heterocycles. The zero-order valence-electron chi connectivity index (χ0n) is 10.2. The van der Waals surface area contributed by atoms with Crippen LogP contribution in [0.2, 0.25) is 5.15 Å². The number of halogens is 1. The van der Waals surface area contributed by atoms with Crippen LogP contribution in [0, 0.1) is 5.92 Å². The maximum Gasteiger partial charge on any atom is 0.133 e. The van der Waals surface area contributed by atoms with E-state index in [1.54, 1.807) is 6.20 Å². The van der Waals surface area contributed by atoms with Gasteiger partial charge in [-0.05, 0) is 24.9 Å². The van der Waals surface area contributed by atoms with E-state index in [9.17, 15) is 0 Å². The van der Waals surface area contributed by atoms with Crippen LogP contribution in [0.5, 0.6) is 0 Å². The molecule has 0 bridgehead atoms. The highest BCUT2D eigenvalue weighted by atomic mass is 35.5. The number of hydrogen-bond donors (Lipinski definition) is 1. The van der Waals surface area contributed by atoms with Crippen molar-refractivity contribution in [3.05, 3.63) is 29.0 Å². The fourth-order valence-corrected chi connectivity index (χ4v) is 1.76. The molecule has 0 amide bonds. The van der Waals surface area contributed by atoms with Crippen molar-refractivity contribution >= 4 is 11.6 Å². The van der Waals surface area contributed by atoms with Crippen LogP contribution in [0.1, 0.15) is 38.7 Å². The van der Waals surface area contributed by atoms with E-state index in [-0.39, 0.29) is 0 Å². The van der Waals surface area contributed by atoms with E-state index in [1.807, 2.05) is 12.1 Å². The molecule has 90 valence electrons. The van der Waals surface area contributed by atoms with Gasteiger partial charge >= 0.3 is 0 Å². The van der Waals surface area contributed by atoms with Crippen molar-refractivity contribution in [3.63, 3.8) is 0 Å². The third kappa shape index (κ3) is 5.47. The molecule has 0 atom stereocenters. The molecule has 1 N–H and O–H groups in total. The van der Waals surface area contributed by atoms with Crippen molar-refractivity contribution in [2.75, 3.05) is 6.54 Å². The summed E-state index contributed by atoms with van der Waals surface area (Å²) < 4.78 is 0. The number of aromatic nitrogens is 1. The maximum atomic E-state index is 5.95. The summed E-state index contributed by atoms with van der Waals surface area (Å²) >= 11 is 5.95. The third-order valence-electron chi connectivity index (χ3n) is 2.54. The molecule has 0 spiro atoms. The van der Waals surface area contributed by atoms with Gasteiger partial charge in [0.1, 0.15) is 5.15 Å². The average Bonchev–Trinajstić information content (AvgIpc) is 2.25. The van der Waals surface area contributed by atoms with Gasteiger partial charge in [0.05, 0.1) is 0 Å². The minimum Gasteiger partial charge on any atom is -0.313 e. The number of pyridine rings is 1. The maximum absolute atomic E-state index is 5.95. The predicted molar refractivity (Wildman–Crippen MR) is 69.6 cm³/mol. The van der Waals surface area contributed by atoms with Gasteiger partial charge in [-0.2, -0.15) is 0 Å². The van der Waals surface area contributed by atoms with Crippen molar-refractivity contribution in [2.45, 2.75) is 39.7 Å². The van der Waals surface area contributed by atoms with E-state index in [1.165, 1.54) is 19.3 Å². The van der Waals surface area contributed by atoms with Gasteiger partial charge in [0.2, 0.25) is 0 Å². The number of nitrogens with one attached hydrogen (secondary N) is 1. The molecule has 0 aliphatic carbocycles. The number of unbranched alkanes of at least 4 members (excludes halogenated alkanes) is 1. The zero-order valence-corrected chi connectivity index (χ0v) is 10.9. The Morgan fingerprint density at radius 2 is 2.19 bits per heavy atom. The Labute approximate surface area is 103 Å². The molecule has 1 rings (SSSR count). The molecule has 0 fully saturated rings. The summed E-state index contributed by atoms with van der Waals surface area (Å²) in [5.74, 6) is 0.813. The lowest BCUT2D eigenvalue weighted by Gasteiger charge is -2.07. The molecule has 2 nitrogen and oxygen atoms in total. The second kappa shape index (κ2) is 7.64. The number of rotatable bonds is 7. The van der Waals surface area contributed by atoms with Crippen LogP contribution in [0.15, 0.2) is 18.3 Å². The SMILES string of the molecule is CC(C)CCCCNCc1cccnc1Cl. The fourth-order valence-electron chi connectivity index (χ4n) is 1.58. The van der Waals surface area contributed by atoms with Gasteiger partial charge in [0.15, 0.2) is 0 Å². The first-order valence-electron chi connectivity index (χ1n) is 6.00. The van der Waals surface area contributed by atoms with Crippen LogP contribution in [-0.2, 0) is 6.54 Å². The first-order valence-corrected chi connectivity index (χ1v) is 6.38. The zero-order chi connectivity index (χ0) is 11.8. The van der Waals surface area contributed by atoms with E-state index in [2.05, 4.69) is 24.1 Å². The summed E-state index contributed by atoms with van der Waals surface area (Å²) in [5.41, 5.74) is 1.08. The summed E-state index contributed by atoms with van der Waals surface area (Å²) in [7, 11) is 0. The van der Waals surface area contributed by atoms with E-state index < -0.39 is 0 Å². The molecule has 0 saturated carbocycles. The second-order valence-corrected chi connectivity index (χ2v) is 4.88. The van der Waals surface area contributed by atoms with Gasteiger partial charge < -0.3 is 5.32 Å². The van der Waals surface area contributed by atoms with Crippen LogP contribution in [0.4, 0.5) is 0 Å². The first-order chi connectivity index (χ1) is 7.70. The van der Waals surface area contributed by atoms with E-state index in [4.69, 9.17) is 11.6 Å². The highest BCUT2D eigenvalue weighted by Crippen LogP contribution is 2.11. The summed E-state index contributed by atoms with van der Waals surface area (Å²) in [6.45, 7) is 6.40. The van der Waals surface area contributed by atoms with Gasteiger partial charge in [-0.1, -0.05) is 44.4 Å². The largest absolute Gasteiger partial charge is 0.313 e. The fraction of sp³-hybridized carbons (Fsp3) is 0.615. The number of nitrogens with zero attached hydrogens (tertiary/aromatic N) is 1. The van der Waals surface area contributed by atoms with E-state index in [0.717, 1.165) is 24.6 Å². The Kier molecular flexibility index (Phi) is 6.43. The van der Waals surface area contributed by atoms with Crippen LogP contribution < -0.4 is 5.32 Å². The van der Waals surface area contributed by atoms with Crippen LogP contribution in [-0.4, -0.2) is 11.5 Å². The molecule has 0 aliphatic rings. The lowest BCUT2D eigenvalue weighted by molar-refractivity contribution is 0.520. The molecular formula is C13H21ClN2. The molecule has 0 saturated heterocycles. The van der Waals surface area contributed by atoms with Gasteiger partial charge in [-0.15, -0.1) is 0 Å². The molecular weight excluding hydrogens is 220 g/mol. The van der Waals surface area contributed by atoms with Crippen LogP contribution in [0.3, 0.4) is 0 Å². The highest BCUT2D eigenvalue weighted by molar-refractivity contribution is 6.30. The first kappa shape index (κ1) is 13.5. The molecule has 3 heteroatoms. The van der Waals surface area contributed by atoms with Crippen LogP contribution >= 0.6 is 11.6 Å². The molecule has 1 aromatic rings. The topological polar surface area (TPSA) is 24.9 Å². The lowest BCUT2D eigenvalue weighted by atomic mass is 10.1. The molecule has 0 aromatic carbocycles. The summed E-state index contributed by atoms with van der Waals surface area (Å²) in [6, 6.07) is 3.93. The Morgan fingerprint density at radius 1 is 1.38 bits per heavy atom. The summed E-state index contributed by atoms with van der Waals surface area (Å²) in [6.07, 6.45) is 5.56. The highest BCUT2D eigenvalue weighted by Gasteiger charge is 1.99. The Balaban J connectivity index is 2.10. The van der Waals surface area contributed by atoms with Crippen molar-refractivity contribution in [1.29, 1.82) is 0 Å². The molecule has 1 heterocycles. The normalized spacial score (nSPS) is 11.0. The van der Waals surface area contributed by atoms with Gasteiger partial charge in [0.25, 0.3) is 0 Å². The van der Waals surface area contributed by atoms with Crippen molar-refractivity contribution in [3.8, 4) is 0 Å². The minimum atomic E-state index is 0.609. The Bertz CT molecular complexity index is 300. The number of hydrogen-bond acceptors (Lipinski definition) is 2. The summed E-state index contributed by atoms with van der Waals surface area (Å²) in [4.78, 5) is 4.04. The van der Waals surface area contributed by atoms with Crippen LogP contribution in [0.25, 0.3) is 0 Å². The van der Waals surface area contributed by atoms with Crippen molar-refractivity contribution in [2.24, 2.45) is 5.92 Å². The van der Waals surface area contributed by atoms with Gasteiger partial charge in [-0.25, -0.2) is 4.98 Å². The lowest BCUT2D eigenvalue weighted by Crippen LogP contribution is -2.15. The summed E-state index contributed by atoms with van der Waals surface area (Å²) in [5, 5.41) is 4.00. The smallest absolute Gasteiger partial charge is 0.133 e. The third-order valence-corrected chi connectivity index (χ3v) is 2.88. The monoisotopic (exact) mass is 240 g/mol. The Hall–Kier alpha value is -0.600. The quantitative estimate of drug-likeness (QED) is 0.581. The Morgan fingerprint density at radius 3 is 2.88 bits per heavy atom.